The molecule has 106 valence electrons. The molecule has 0 radical (unpaired) electrons. The van der Waals surface area contributed by atoms with Crippen molar-refractivity contribution in [2.45, 2.75) is 20.4 Å². The van der Waals surface area contributed by atoms with Crippen LogP contribution in [-0.2, 0) is 6.54 Å². The Hall–Kier alpha value is -1.94. The maximum Gasteiger partial charge on any atom is 0.150 e. The Morgan fingerprint density at radius 3 is 2.90 bits per heavy atom. The average molecular weight is 274 g/mol. The van der Waals surface area contributed by atoms with Gasteiger partial charge in [-0.15, -0.1) is 0 Å². The maximum atomic E-state index is 13.2. The molecule has 0 spiro atoms. The van der Waals surface area contributed by atoms with Gasteiger partial charge in [0.1, 0.15) is 17.3 Å². The van der Waals surface area contributed by atoms with Crippen LogP contribution in [0.3, 0.4) is 0 Å². The van der Waals surface area contributed by atoms with Crippen molar-refractivity contribution in [2.75, 3.05) is 6.54 Å². The van der Waals surface area contributed by atoms with Gasteiger partial charge in [0.05, 0.1) is 6.20 Å². The van der Waals surface area contributed by atoms with Crippen molar-refractivity contribution in [3.05, 3.63) is 54.1 Å². The number of pyridine rings is 1. The summed E-state index contributed by atoms with van der Waals surface area (Å²) in [6.07, 6.45) is 3.38. The van der Waals surface area contributed by atoms with E-state index in [0.717, 1.165) is 12.1 Å². The Kier molecular flexibility index (Phi) is 5.07. The van der Waals surface area contributed by atoms with Gasteiger partial charge >= 0.3 is 0 Å². The average Bonchev–Trinajstić information content (AvgIpc) is 2.40. The second-order valence-electron chi connectivity index (χ2n) is 5.07. The van der Waals surface area contributed by atoms with Crippen LogP contribution in [0.2, 0.25) is 0 Å². The molecule has 20 heavy (non-hydrogen) atoms. The van der Waals surface area contributed by atoms with E-state index in [1.54, 1.807) is 24.5 Å². The molecule has 0 bridgehead atoms. The van der Waals surface area contributed by atoms with Crippen molar-refractivity contribution in [2.24, 2.45) is 5.92 Å². The molecule has 3 nitrogen and oxygen atoms in total. The fourth-order valence-electron chi connectivity index (χ4n) is 1.80. The summed E-state index contributed by atoms with van der Waals surface area (Å²) in [7, 11) is 0. The molecule has 1 N–H and O–H groups in total. The lowest BCUT2D eigenvalue weighted by atomic mass is 10.2. The fourth-order valence-corrected chi connectivity index (χ4v) is 1.80. The molecule has 0 saturated heterocycles. The zero-order valence-electron chi connectivity index (χ0n) is 11.8. The number of halogens is 1. The molecule has 0 unspecified atom stereocenters. The molecule has 0 saturated carbocycles. The lowest BCUT2D eigenvalue weighted by molar-refractivity contribution is 0.462. The first-order valence-electron chi connectivity index (χ1n) is 6.72. The Morgan fingerprint density at radius 1 is 1.30 bits per heavy atom. The van der Waals surface area contributed by atoms with E-state index < -0.39 is 0 Å². The number of benzene rings is 1. The van der Waals surface area contributed by atoms with Gasteiger partial charge in [-0.3, -0.25) is 4.98 Å². The molecule has 0 fully saturated rings. The standard InChI is InChI=1S/C16H19FN2O/c1-12(2)9-19-10-13-6-7-18-11-16(13)20-15-5-3-4-14(17)8-15/h3-8,11-12,19H,9-10H2,1-2H3. The minimum absolute atomic E-state index is 0.314. The summed E-state index contributed by atoms with van der Waals surface area (Å²) in [5.74, 6) is 1.40. The number of nitrogens with zero attached hydrogens (tertiary/aromatic N) is 1. The van der Waals surface area contributed by atoms with E-state index in [2.05, 4.69) is 24.1 Å². The van der Waals surface area contributed by atoms with Gasteiger partial charge in [-0.05, 0) is 30.7 Å². The van der Waals surface area contributed by atoms with Crippen molar-refractivity contribution in [1.82, 2.24) is 10.3 Å². The molecule has 2 aromatic rings. The van der Waals surface area contributed by atoms with E-state index in [-0.39, 0.29) is 5.82 Å². The number of hydrogen-bond donors (Lipinski definition) is 1. The van der Waals surface area contributed by atoms with Crippen molar-refractivity contribution >= 4 is 0 Å². The third kappa shape index (κ3) is 4.31. The summed E-state index contributed by atoms with van der Waals surface area (Å²) in [5.41, 5.74) is 1.00. The molecule has 2 rings (SSSR count). The highest BCUT2D eigenvalue weighted by Crippen LogP contribution is 2.24. The molecule has 1 aromatic heterocycles. The number of aromatic nitrogens is 1. The highest BCUT2D eigenvalue weighted by Gasteiger charge is 2.06. The molecular formula is C16H19FN2O. The zero-order valence-corrected chi connectivity index (χ0v) is 11.8. The molecular weight excluding hydrogens is 255 g/mol. The number of rotatable bonds is 6. The van der Waals surface area contributed by atoms with Gasteiger partial charge in [0, 0.05) is 24.4 Å². The van der Waals surface area contributed by atoms with Gasteiger partial charge in [0.2, 0.25) is 0 Å². The van der Waals surface area contributed by atoms with Crippen LogP contribution < -0.4 is 10.1 Å². The first-order valence-corrected chi connectivity index (χ1v) is 6.72. The zero-order chi connectivity index (χ0) is 14.4. The quantitative estimate of drug-likeness (QED) is 0.871. The van der Waals surface area contributed by atoms with E-state index in [1.165, 1.54) is 12.1 Å². The summed E-state index contributed by atoms with van der Waals surface area (Å²) in [6.45, 7) is 5.94. The van der Waals surface area contributed by atoms with Crippen LogP contribution in [-0.4, -0.2) is 11.5 Å². The minimum atomic E-state index is -0.314. The van der Waals surface area contributed by atoms with Gasteiger partial charge in [-0.25, -0.2) is 4.39 Å². The van der Waals surface area contributed by atoms with Crippen LogP contribution in [0, 0.1) is 11.7 Å². The van der Waals surface area contributed by atoms with Crippen molar-refractivity contribution < 1.29 is 9.13 Å². The van der Waals surface area contributed by atoms with Crippen molar-refractivity contribution in [3.8, 4) is 11.5 Å². The van der Waals surface area contributed by atoms with Crippen LogP contribution in [0.5, 0.6) is 11.5 Å². The summed E-state index contributed by atoms with van der Waals surface area (Å²) in [6, 6.07) is 8.00. The molecule has 0 aliphatic rings. The lowest BCUT2D eigenvalue weighted by Gasteiger charge is -2.12. The number of hydrogen-bond acceptors (Lipinski definition) is 3. The SMILES string of the molecule is CC(C)CNCc1ccncc1Oc1cccc(F)c1. The van der Waals surface area contributed by atoms with Crippen LogP contribution in [0.1, 0.15) is 19.4 Å². The first kappa shape index (κ1) is 14.5. The Bertz CT molecular complexity index is 558. The fraction of sp³-hybridized carbons (Fsp3) is 0.312. The largest absolute Gasteiger partial charge is 0.455 e. The van der Waals surface area contributed by atoms with E-state index in [0.29, 0.717) is 24.0 Å². The van der Waals surface area contributed by atoms with Gasteiger partial charge < -0.3 is 10.1 Å². The van der Waals surface area contributed by atoms with Gasteiger partial charge in [0.15, 0.2) is 0 Å². The second kappa shape index (κ2) is 7.01. The Morgan fingerprint density at radius 2 is 2.15 bits per heavy atom. The second-order valence-corrected chi connectivity index (χ2v) is 5.07. The summed E-state index contributed by atoms with van der Waals surface area (Å²) < 4.78 is 18.9. The number of ether oxygens (including phenoxy) is 1. The predicted octanol–water partition coefficient (Wildman–Crippen LogP) is 3.76. The summed E-state index contributed by atoms with van der Waals surface area (Å²) in [5, 5.41) is 3.36. The van der Waals surface area contributed by atoms with Gasteiger partial charge in [-0.2, -0.15) is 0 Å². The molecule has 0 atom stereocenters. The highest BCUT2D eigenvalue weighted by molar-refractivity contribution is 5.35. The van der Waals surface area contributed by atoms with Crippen LogP contribution >= 0.6 is 0 Å². The minimum Gasteiger partial charge on any atom is -0.455 e. The topological polar surface area (TPSA) is 34.2 Å². The molecule has 0 aliphatic heterocycles. The molecule has 1 aromatic carbocycles. The van der Waals surface area contributed by atoms with Crippen molar-refractivity contribution in [1.29, 1.82) is 0 Å². The smallest absolute Gasteiger partial charge is 0.150 e. The third-order valence-corrected chi connectivity index (χ3v) is 2.76. The number of nitrogens with one attached hydrogen (secondary N) is 1. The van der Waals surface area contributed by atoms with E-state index in [9.17, 15) is 4.39 Å². The highest BCUT2D eigenvalue weighted by atomic mass is 19.1. The van der Waals surface area contributed by atoms with Crippen LogP contribution in [0.15, 0.2) is 42.7 Å². The van der Waals surface area contributed by atoms with E-state index in [4.69, 9.17) is 4.74 Å². The van der Waals surface area contributed by atoms with Gasteiger partial charge in [0.25, 0.3) is 0 Å². The summed E-state index contributed by atoms with van der Waals surface area (Å²) in [4.78, 5) is 4.06. The van der Waals surface area contributed by atoms with Gasteiger partial charge in [-0.1, -0.05) is 19.9 Å². The Balaban J connectivity index is 2.07. The molecule has 0 aliphatic carbocycles. The monoisotopic (exact) mass is 274 g/mol. The van der Waals surface area contributed by atoms with E-state index in [1.807, 2.05) is 6.07 Å². The van der Waals surface area contributed by atoms with Crippen LogP contribution in [0.4, 0.5) is 4.39 Å². The van der Waals surface area contributed by atoms with Crippen molar-refractivity contribution in [3.63, 3.8) is 0 Å². The molecule has 4 heteroatoms. The summed E-state index contributed by atoms with van der Waals surface area (Å²) >= 11 is 0. The lowest BCUT2D eigenvalue weighted by Crippen LogP contribution is -2.19. The third-order valence-electron chi connectivity index (χ3n) is 2.76. The predicted molar refractivity (Wildman–Crippen MR) is 77.3 cm³/mol. The van der Waals surface area contributed by atoms with Crippen LogP contribution in [0.25, 0.3) is 0 Å². The Labute approximate surface area is 118 Å². The molecule has 0 amide bonds. The molecule has 1 heterocycles. The van der Waals surface area contributed by atoms with E-state index >= 15 is 0 Å². The normalized spacial score (nSPS) is 10.8. The maximum absolute atomic E-state index is 13.2. The first-order chi connectivity index (χ1) is 9.65.